The third kappa shape index (κ3) is 4.14. The predicted octanol–water partition coefficient (Wildman–Crippen LogP) is 3.49. The van der Waals surface area contributed by atoms with Crippen LogP contribution in [0.15, 0.2) is 48.5 Å². The van der Waals surface area contributed by atoms with Gasteiger partial charge in [-0.2, -0.15) is 5.26 Å². The van der Waals surface area contributed by atoms with Crippen molar-refractivity contribution in [3.63, 3.8) is 0 Å². The predicted molar refractivity (Wildman–Crippen MR) is 84.1 cm³/mol. The van der Waals surface area contributed by atoms with Gasteiger partial charge in [-0.1, -0.05) is 24.3 Å². The molecule has 0 saturated heterocycles. The zero-order chi connectivity index (χ0) is 15.9. The molecule has 0 amide bonds. The molecular weight excluding hydrogens is 278 g/mol. The van der Waals surface area contributed by atoms with Crippen LogP contribution in [0, 0.1) is 21.4 Å². The Morgan fingerprint density at radius 2 is 1.95 bits per heavy atom. The fraction of sp³-hybridized carbons (Fsp3) is 0.235. The second-order valence-electron chi connectivity index (χ2n) is 5.16. The van der Waals surface area contributed by atoms with Crippen molar-refractivity contribution in [2.45, 2.75) is 25.3 Å². The third-order valence-electron chi connectivity index (χ3n) is 3.57. The molecule has 0 aliphatic rings. The van der Waals surface area contributed by atoms with E-state index in [1.165, 1.54) is 12.1 Å². The highest BCUT2D eigenvalue weighted by Gasteiger charge is 2.08. The Labute approximate surface area is 129 Å². The summed E-state index contributed by atoms with van der Waals surface area (Å²) in [5, 5.41) is 19.5. The fourth-order valence-electron chi connectivity index (χ4n) is 2.32. The van der Waals surface area contributed by atoms with Crippen LogP contribution in [-0.2, 0) is 6.42 Å². The number of hydrogen-bond acceptors (Lipinski definition) is 4. The first-order chi connectivity index (χ1) is 10.6. The van der Waals surface area contributed by atoms with Crippen molar-refractivity contribution in [2.24, 2.45) is 5.73 Å². The monoisotopic (exact) mass is 295 g/mol. The fourth-order valence-corrected chi connectivity index (χ4v) is 2.32. The quantitative estimate of drug-likeness (QED) is 0.652. The lowest BCUT2D eigenvalue weighted by molar-refractivity contribution is -0.384. The molecule has 1 unspecified atom stereocenters. The smallest absolute Gasteiger partial charge is 0.269 e. The van der Waals surface area contributed by atoms with Gasteiger partial charge in [-0.15, -0.1) is 0 Å². The average molecular weight is 295 g/mol. The molecule has 0 fully saturated rings. The van der Waals surface area contributed by atoms with Crippen LogP contribution >= 0.6 is 0 Å². The van der Waals surface area contributed by atoms with E-state index in [0.717, 1.165) is 30.4 Å². The highest BCUT2D eigenvalue weighted by atomic mass is 16.6. The number of nitrogens with zero attached hydrogens (tertiary/aromatic N) is 2. The average Bonchev–Trinajstić information content (AvgIpc) is 2.55. The van der Waals surface area contributed by atoms with Gasteiger partial charge in [0.1, 0.15) is 0 Å². The standard InChI is InChI=1S/C17H17N3O2/c18-12-14-4-1-5-15(11-14)17(19)6-2-3-13-7-9-16(10-8-13)20(21)22/h1,4-5,7-11,17H,2-3,6,19H2. The topological polar surface area (TPSA) is 93.0 Å². The lowest BCUT2D eigenvalue weighted by Crippen LogP contribution is -2.10. The van der Waals surface area contributed by atoms with Gasteiger partial charge in [-0.05, 0) is 42.5 Å². The number of benzene rings is 2. The van der Waals surface area contributed by atoms with E-state index < -0.39 is 4.92 Å². The van der Waals surface area contributed by atoms with Gasteiger partial charge < -0.3 is 5.73 Å². The minimum Gasteiger partial charge on any atom is -0.324 e. The molecule has 2 aromatic carbocycles. The first kappa shape index (κ1) is 15.7. The van der Waals surface area contributed by atoms with E-state index in [4.69, 9.17) is 11.0 Å². The van der Waals surface area contributed by atoms with Gasteiger partial charge in [0.05, 0.1) is 16.6 Å². The lowest BCUT2D eigenvalue weighted by atomic mass is 9.98. The second kappa shape index (κ2) is 7.34. The zero-order valence-electron chi connectivity index (χ0n) is 12.1. The van der Waals surface area contributed by atoms with E-state index >= 15 is 0 Å². The molecule has 2 N–H and O–H groups in total. The maximum Gasteiger partial charge on any atom is 0.269 e. The normalized spacial score (nSPS) is 11.6. The number of non-ortho nitro benzene ring substituents is 1. The Morgan fingerprint density at radius 3 is 2.59 bits per heavy atom. The van der Waals surface area contributed by atoms with Gasteiger partial charge in [-0.3, -0.25) is 10.1 Å². The molecule has 112 valence electrons. The number of nitro benzene ring substituents is 1. The number of nitro groups is 1. The summed E-state index contributed by atoms with van der Waals surface area (Å²) in [6.07, 6.45) is 2.51. The highest BCUT2D eigenvalue weighted by Crippen LogP contribution is 2.19. The van der Waals surface area contributed by atoms with Gasteiger partial charge in [0, 0.05) is 18.2 Å². The molecule has 0 saturated carbocycles. The zero-order valence-corrected chi connectivity index (χ0v) is 12.1. The lowest BCUT2D eigenvalue weighted by Gasteiger charge is -2.12. The molecule has 0 spiro atoms. The largest absolute Gasteiger partial charge is 0.324 e. The van der Waals surface area contributed by atoms with Gasteiger partial charge in [0.25, 0.3) is 5.69 Å². The van der Waals surface area contributed by atoms with Crippen LogP contribution in [0.25, 0.3) is 0 Å². The number of aryl methyl sites for hydroxylation is 1. The minimum absolute atomic E-state index is 0.105. The van der Waals surface area contributed by atoms with E-state index in [1.54, 1.807) is 18.2 Å². The molecule has 0 aliphatic carbocycles. The van der Waals surface area contributed by atoms with Crippen LogP contribution < -0.4 is 5.73 Å². The van der Waals surface area contributed by atoms with Crippen molar-refractivity contribution in [3.05, 3.63) is 75.3 Å². The molecule has 5 heteroatoms. The first-order valence-corrected chi connectivity index (χ1v) is 7.09. The summed E-state index contributed by atoms with van der Waals surface area (Å²) in [5.74, 6) is 0. The Bertz CT molecular complexity index is 690. The summed E-state index contributed by atoms with van der Waals surface area (Å²) in [5.41, 5.74) is 8.89. The minimum atomic E-state index is -0.401. The van der Waals surface area contributed by atoms with E-state index in [9.17, 15) is 10.1 Å². The van der Waals surface area contributed by atoms with Gasteiger partial charge in [-0.25, -0.2) is 0 Å². The van der Waals surface area contributed by atoms with Crippen molar-refractivity contribution in [3.8, 4) is 6.07 Å². The molecule has 0 bridgehead atoms. The molecule has 0 radical (unpaired) electrons. The summed E-state index contributed by atoms with van der Waals surface area (Å²) < 4.78 is 0. The molecule has 0 aliphatic heterocycles. The highest BCUT2D eigenvalue weighted by molar-refractivity contribution is 5.34. The maximum atomic E-state index is 10.6. The van der Waals surface area contributed by atoms with E-state index in [1.807, 2.05) is 18.2 Å². The van der Waals surface area contributed by atoms with E-state index in [0.29, 0.717) is 5.56 Å². The van der Waals surface area contributed by atoms with Crippen molar-refractivity contribution >= 4 is 5.69 Å². The molecule has 0 aromatic heterocycles. The number of hydrogen-bond donors (Lipinski definition) is 1. The van der Waals surface area contributed by atoms with Crippen LogP contribution in [0.5, 0.6) is 0 Å². The van der Waals surface area contributed by atoms with E-state index in [-0.39, 0.29) is 11.7 Å². The van der Waals surface area contributed by atoms with Crippen LogP contribution in [0.2, 0.25) is 0 Å². The first-order valence-electron chi connectivity index (χ1n) is 7.09. The SMILES string of the molecule is N#Cc1cccc(C(N)CCCc2ccc([N+](=O)[O-])cc2)c1. The molecule has 2 rings (SSSR count). The van der Waals surface area contributed by atoms with Crippen molar-refractivity contribution < 1.29 is 4.92 Å². The Balaban J connectivity index is 1.87. The Kier molecular flexibility index (Phi) is 5.23. The van der Waals surface area contributed by atoms with Crippen molar-refractivity contribution in [2.75, 3.05) is 0 Å². The molecule has 5 nitrogen and oxygen atoms in total. The maximum absolute atomic E-state index is 10.6. The number of rotatable bonds is 6. The van der Waals surface area contributed by atoms with E-state index in [2.05, 4.69) is 6.07 Å². The van der Waals surface area contributed by atoms with Crippen LogP contribution in [0.4, 0.5) is 5.69 Å². The molecule has 0 heterocycles. The van der Waals surface area contributed by atoms with Crippen molar-refractivity contribution in [1.29, 1.82) is 5.26 Å². The molecular formula is C17H17N3O2. The summed E-state index contributed by atoms with van der Waals surface area (Å²) in [6, 6.07) is 15.9. The van der Waals surface area contributed by atoms with Crippen LogP contribution in [-0.4, -0.2) is 4.92 Å². The molecule has 22 heavy (non-hydrogen) atoms. The van der Waals surface area contributed by atoms with Crippen LogP contribution in [0.1, 0.15) is 35.6 Å². The number of nitriles is 1. The summed E-state index contributed by atoms with van der Waals surface area (Å²) in [4.78, 5) is 10.2. The Morgan fingerprint density at radius 1 is 1.23 bits per heavy atom. The summed E-state index contributed by atoms with van der Waals surface area (Å²) in [7, 11) is 0. The Hall–Kier alpha value is -2.71. The third-order valence-corrected chi connectivity index (χ3v) is 3.57. The molecule has 1 atom stereocenters. The molecule has 2 aromatic rings. The van der Waals surface area contributed by atoms with Crippen LogP contribution in [0.3, 0.4) is 0 Å². The van der Waals surface area contributed by atoms with Crippen molar-refractivity contribution in [1.82, 2.24) is 0 Å². The summed E-state index contributed by atoms with van der Waals surface area (Å²) >= 11 is 0. The number of nitrogens with two attached hydrogens (primary N) is 1. The second-order valence-corrected chi connectivity index (χ2v) is 5.16. The van der Waals surface area contributed by atoms with Gasteiger partial charge >= 0.3 is 0 Å². The summed E-state index contributed by atoms with van der Waals surface area (Å²) in [6.45, 7) is 0. The van der Waals surface area contributed by atoms with Gasteiger partial charge in [0.15, 0.2) is 0 Å². The van der Waals surface area contributed by atoms with Gasteiger partial charge in [0.2, 0.25) is 0 Å².